The number of nitrogens with one attached hydrogen (secondary N) is 2. The third kappa shape index (κ3) is 3.30. The van der Waals surface area contributed by atoms with Crippen molar-refractivity contribution in [1.29, 1.82) is 0 Å². The van der Waals surface area contributed by atoms with Gasteiger partial charge in [-0.15, -0.1) is 0 Å². The lowest BCUT2D eigenvalue weighted by Crippen LogP contribution is -2.15. The van der Waals surface area contributed by atoms with Crippen LogP contribution in [0.2, 0.25) is 0 Å². The highest BCUT2D eigenvalue weighted by Crippen LogP contribution is 2.20. The molecule has 0 saturated heterocycles. The molecule has 19 heavy (non-hydrogen) atoms. The molecule has 1 aromatic heterocycles. The molecule has 2 aromatic rings. The van der Waals surface area contributed by atoms with Crippen LogP contribution >= 0.6 is 15.9 Å². The van der Waals surface area contributed by atoms with Gasteiger partial charge in [-0.1, -0.05) is 15.9 Å². The van der Waals surface area contributed by atoms with E-state index in [0.29, 0.717) is 11.4 Å². The van der Waals surface area contributed by atoms with Gasteiger partial charge in [-0.05, 0) is 42.8 Å². The topological polar surface area (TPSA) is 80.0 Å². The fraction of sp³-hybridized carbons (Fsp3) is 0.0769. The van der Waals surface area contributed by atoms with Gasteiger partial charge in [0.05, 0.1) is 5.69 Å². The van der Waals surface area contributed by atoms with E-state index < -0.39 is 0 Å². The summed E-state index contributed by atoms with van der Waals surface area (Å²) in [6, 6.07) is 8.85. The fourth-order valence-corrected chi connectivity index (χ4v) is 1.81. The van der Waals surface area contributed by atoms with Crippen molar-refractivity contribution in [2.45, 2.75) is 6.92 Å². The fourth-order valence-electron chi connectivity index (χ4n) is 1.56. The monoisotopic (exact) mass is 320 g/mol. The highest BCUT2D eigenvalue weighted by Gasteiger charge is 2.08. The molecule has 98 valence electrons. The van der Waals surface area contributed by atoms with Gasteiger partial charge in [0.2, 0.25) is 0 Å². The second-order valence-corrected chi connectivity index (χ2v) is 4.85. The number of halogens is 1. The van der Waals surface area contributed by atoms with Crippen molar-refractivity contribution in [3.8, 4) is 0 Å². The Hall–Kier alpha value is -1.92. The Morgan fingerprint density at radius 1 is 1.26 bits per heavy atom. The molecule has 1 amide bonds. The number of nitrogens with two attached hydrogens (primary N) is 1. The van der Waals surface area contributed by atoms with Gasteiger partial charge in [-0.25, -0.2) is 0 Å². The van der Waals surface area contributed by atoms with Crippen LogP contribution in [0.3, 0.4) is 0 Å². The number of carbonyl (C=O) groups excluding carboxylic acids is 1. The molecule has 0 atom stereocenters. The molecular weight excluding hydrogens is 308 g/mol. The average molecular weight is 321 g/mol. The summed E-state index contributed by atoms with van der Waals surface area (Å²) in [4.78, 5) is 16.0. The second-order valence-electron chi connectivity index (χ2n) is 3.99. The maximum Gasteiger partial charge on any atom is 0.274 e. The van der Waals surface area contributed by atoms with Crippen LogP contribution in [0.15, 0.2) is 41.0 Å². The largest absolute Gasteiger partial charge is 0.324 e. The van der Waals surface area contributed by atoms with Crippen LogP contribution in [0.4, 0.5) is 11.4 Å². The summed E-state index contributed by atoms with van der Waals surface area (Å²) in [5, 5.41) is 2.79. The highest BCUT2D eigenvalue weighted by atomic mass is 79.9. The molecule has 2 rings (SSSR count). The van der Waals surface area contributed by atoms with Crippen molar-refractivity contribution in [3.05, 3.63) is 52.3 Å². The van der Waals surface area contributed by atoms with Crippen molar-refractivity contribution in [1.82, 2.24) is 4.98 Å². The number of nitrogen functional groups attached to an aromatic ring is 1. The molecule has 4 N–H and O–H groups in total. The van der Waals surface area contributed by atoms with E-state index in [-0.39, 0.29) is 5.91 Å². The lowest BCUT2D eigenvalue weighted by Gasteiger charge is -2.07. The number of carbonyl (C=O) groups is 1. The number of nitrogens with zero attached hydrogens (tertiary/aromatic N) is 1. The molecule has 1 heterocycles. The van der Waals surface area contributed by atoms with E-state index in [0.717, 1.165) is 15.7 Å². The number of aryl methyl sites for hydroxylation is 1. The Morgan fingerprint density at radius 3 is 2.74 bits per heavy atom. The van der Waals surface area contributed by atoms with E-state index in [1.165, 1.54) is 6.20 Å². The van der Waals surface area contributed by atoms with Gasteiger partial charge in [0.15, 0.2) is 0 Å². The Morgan fingerprint density at radius 2 is 2.05 bits per heavy atom. The lowest BCUT2D eigenvalue weighted by atomic mass is 10.2. The standard InChI is InChI=1S/C13H13BrN4O/c1-8-6-9(2-3-11(8)14)17-13(19)12-7-10(18-15)4-5-16-12/h2-7H,15H2,1H3,(H,16,18)(H,17,19). The first-order valence-corrected chi connectivity index (χ1v) is 6.39. The van der Waals surface area contributed by atoms with Gasteiger partial charge in [0.1, 0.15) is 5.69 Å². The van der Waals surface area contributed by atoms with E-state index in [9.17, 15) is 4.79 Å². The van der Waals surface area contributed by atoms with Crippen LogP contribution in [0, 0.1) is 6.92 Å². The van der Waals surface area contributed by atoms with Gasteiger partial charge in [-0.2, -0.15) is 0 Å². The summed E-state index contributed by atoms with van der Waals surface area (Å²) in [6.07, 6.45) is 1.52. The third-order valence-electron chi connectivity index (χ3n) is 2.58. The summed E-state index contributed by atoms with van der Waals surface area (Å²) >= 11 is 3.41. The maximum atomic E-state index is 12.0. The van der Waals surface area contributed by atoms with Crippen LogP contribution in [-0.4, -0.2) is 10.9 Å². The van der Waals surface area contributed by atoms with E-state index >= 15 is 0 Å². The summed E-state index contributed by atoms with van der Waals surface area (Å²) in [7, 11) is 0. The molecule has 0 aliphatic carbocycles. The first-order valence-electron chi connectivity index (χ1n) is 5.60. The lowest BCUT2D eigenvalue weighted by molar-refractivity contribution is 0.102. The molecule has 0 saturated carbocycles. The Balaban J connectivity index is 2.18. The number of anilines is 2. The van der Waals surface area contributed by atoms with Crippen molar-refractivity contribution >= 4 is 33.2 Å². The van der Waals surface area contributed by atoms with Crippen molar-refractivity contribution in [2.75, 3.05) is 10.7 Å². The van der Waals surface area contributed by atoms with E-state index in [2.05, 4.69) is 31.7 Å². The number of hydrogen-bond acceptors (Lipinski definition) is 4. The van der Waals surface area contributed by atoms with Crippen molar-refractivity contribution in [3.63, 3.8) is 0 Å². The molecule has 0 spiro atoms. The van der Waals surface area contributed by atoms with Crippen LogP contribution in [0.1, 0.15) is 16.1 Å². The summed E-state index contributed by atoms with van der Waals surface area (Å²) in [6.45, 7) is 1.96. The number of hydrogen-bond donors (Lipinski definition) is 3. The molecule has 5 nitrogen and oxygen atoms in total. The van der Waals surface area contributed by atoms with Gasteiger partial charge in [0.25, 0.3) is 5.91 Å². The molecule has 0 unspecified atom stereocenters. The zero-order chi connectivity index (χ0) is 13.8. The van der Waals surface area contributed by atoms with Crippen LogP contribution < -0.4 is 16.6 Å². The van der Waals surface area contributed by atoms with Crippen molar-refractivity contribution in [2.24, 2.45) is 5.84 Å². The van der Waals surface area contributed by atoms with E-state index in [1.807, 2.05) is 25.1 Å². The Labute approximate surface area is 119 Å². The summed E-state index contributed by atoms with van der Waals surface area (Å²) in [5.41, 5.74) is 5.18. The maximum absolute atomic E-state index is 12.0. The van der Waals surface area contributed by atoms with E-state index in [4.69, 9.17) is 5.84 Å². The molecule has 0 aliphatic rings. The molecule has 0 fully saturated rings. The van der Waals surface area contributed by atoms with Gasteiger partial charge < -0.3 is 10.7 Å². The van der Waals surface area contributed by atoms with Crippen molar-refractivity contribution < 1.29 is 4.79 Å². The number of benzene rings is 1. The quantitative estimate of drug-likeness (QED) is 0.600. The SMILES string of the molecule is Cc1cc(NC(=O)c2cc(NN)ccn2)ccc1Br. The average Bonchev–Trinajstić information content (AvgIpc) is 2.43. The number of aromatic nitrogens is 1. The molecule has 6 heteroatoms. The number of hydrazine groups is 1. The van der Waals surface area contributed by atoms with Gasteiger partial charge in [0, 0.05) is 16.4 Å². The smallest absolute Gasteiger partial charge is 0.274 e. The first-order chi connectivity index (χ1) is 9.10. The Kier molecular flexibility index (Phi) is 4.13. The predicted molar refractivity (Wildman–Crippen MR) is 78.9 cm³/mol. The van der Waals surface area contributed by atoms with Crippen LogP contribution in [0.5, 0.6) is 0 Å². The summed E-state index contributed by atoms with van der Waals surface area (Å²) in [5.74, 6) is 5.01. The molecule has 1 aromatic carbocycles. The Bertz CT molecular complexity index is 615. The summed E-state index contributed by atoms with van der Waals surface area (Å²) < 4.78 is 0.998. The highest BCUT2D eigenvalue weighted by molar-refractivity contribution is 9.10. The molecule has 0 radical (unpaired) electrons. The normalized spacial score (nSPS) is 10.1. The zero-order valence-electron chi connectivity index (χ0n) is 10.3. The van der Waals surface area contributed by atoms with Crippen LogP contribution in [-0.2, 0) is 0 Å². The third-order valence-corrected chi connectivity index (χ3v) is 3.46. The molecule has 0 aliphatic heterocycles. The number of pyridine rings is 1. The molecular formula is C13H13BrN4O. The zero-order valence-corrected chi connectivity index (χ0v) is 11.9. The second kappa shape index (κ2) is 5.81. The minimum Gasteiger partial charge on any atom is -0.324 e. The number of rotatable bonds is 3. The van der Waals surface area contributed by atoms with Gasteiger partial charge in [-0.3, -0.25) is 15.6 Å². The first kappa shape index (κ1) is 13.5. The predicted octanol–water partition coefficient (Wildman–Crippen LogP) is 2.69. The van der Waals surface area contributed by atoms with Gasteiger partial charge >= 0.3 is 0 Å². The number of amides is 1. The molecule has 0 bridgehead atoms. The van der Waals surface area contributed by atoms with E-state index in [1.54, 1.807) is 12.1 Å². The van der Waals surface area contributed by atoms with Crippen LogP contribution in [0.25, 0.3) is 0 Å². The minimum atomic E-state index is -0.279. The minimum absolute atomic E-state index is 0.279.